The van der Waals surface area contributed by atoms with Crippen molar-refractivity contribution in [2.24, 2.45) is 5.73 Å². The van der Waals surface area contributed by atoms with Crippen LogP contribution < -0.4 is 5.73 Å². The van der Waals surface area contributed by atoms with Gasteiger partial charge in [-0.25, -0.2) is 13.8 Å². The molecule has 0 saturated carbocycles. The third kappa shape index (κ3) is 3.16. The third-order valence-electron chi connectivity index (χ3n) is 2.18. The van der Waals surface area contributed by atoms with E-state index in [9.17, 15) is 18.0 Å². The molecule has 1 aromatic rings. The van der Waals surface area contributed by atoms with Gasteiger partial charge in [-0.2, -0.15) is 4.39 Å². The number of hydrogen-bond acceptors (Lipinski definition) is 4. The normalized spacial score (nSPS) is 10.7. The molecule has 7 heteroatoms. The van der Waals surface area contributed by atoms with Crippen molar-refractivity contribution in [3.8, 4) is 0 Å². The Kier molecular flexibility index (Phi) is 4.45. The number of hydrogen-bond donors (Lipinski definition) is 1. The van der Waals surface area contributed by atoms with Crippen LogP contribution in [-0.2, 0) is 22.5 Å². The molecular formula is C10H11F3N2O2. The van der Waals surface area contributed by atoms with E-state index in [4.69, 9.17) is 5.73 Å². The highest BCUT2D eigenvalue weighted by Gasteiger charge is 2.18. The van der Waals surface area contributed by atoms with Crippen LogP contribution in [-0.4, -0.2) is 18.1 Å². The van der Waals surface area contributed by atoms with Crippen LogP contribution in [0.2, 0.25) is 0 Å². The maximum atomic E-state index is 13.3. The Morgan fingerprint density at radius 1 is 1.59 bits per heavy atom. The van der Waals surface area contributed by atoms with E-state index < -0.39 is 24.0 Å². The van der Waals surface area contributed by atoms with Gasteiger partial charge >= 0.3 is 5.97 Å². The number of rotatable bonds is 4. The molecule has 1 rings (SSSR count). The van der Waals surface area contributed by atoms with Crippen molar-refractivity contribution < 1.29 is 22.7 Å². The molecule has 1 heterocycles. The van der Waals surface area contributed by atoms with Gasteiger partial charge in [0.2, 0.25) is 5.95 Å². The predicted molar refractivity (Wildman–Crippen MR) is 52.8 cm³/mol. The van der Waals surface area contributed by atoms with Gasteiger partial charge < -0.3 is 10.5 Å². The molecule has 0 unspecified atom stereocenters. The van der Waals surface area contributed by atoms with Crippen molar-refractivity contribution in [3.05, 3.63) is 28.8 Å². The van der Waals surface area contributed by atoms with Gasteiger partial charge in [-0.3, -0.25) is 4.79 Å². The number of aromatic nitrogens is 1. The Morgan fingerprint density at radius 3 is 2.71 bits per heavy atom. The summed E-state index contributed by atoms with van der Waals surface area (Å²) in [5.74, 6) is -1.74. The summed E-state index contributed by atoms with van der Waals surface area (Å²) < 4.78 is 42.5. The molecular weight excluding hydrogens is 237 g/mol. The lowest BCUT2D eigenvalue weighted by Gasteiger charge is -2.09. The van der Waals surface area contributed by atoms with Crippen molar-refractivity contribution in [3.63, 3.8) is 0 Å². The zero-order valence-electron chi connectivity index (χ0n) is 9.04. The van der Waals surface area contributed by atoms with Gasteiger partial charge in [-0.15, -0.1) is 0 Å². The first-order valence-corrected chi connectivity index (χ1v) is 4.72. The summed E-state index contributed by atoms with van der Waals surface area (Å²) in [4.78, 5) is 14.1. The van der Waals surface area contributed by atoms with Crippen LogP contribution in [0.15, 0.2) is 6.07 Å². The van der Waals surface area contributed by atoms with Crippen LogP contribution >= 0.6 is 0 Å². The Hall–Kier alpha value is -1.63. The van der Waals surface area contributed by atoms with E-state index in [-0.39, 0.29) is 24.1 Å². The molecule has 94 valence electrons. The molecule has 0 fully saturated rings. The standard InChI is InChI=1S/C10H11F3N2O2/c1-17-8(16)3-5-2-7(9(11)12)15-10(13)6(5)4-14/h2,9H,3-4,14H2,1H3. The first kappa shape index (κ1) is 13.4. The van der Waals surface area contributed by atoms with Crippen LogP contribution in [0.3, 0.4) is 0 Å². The van der Waals surface area contributed by atoms with Crippen LogP contribution in [0, 0.1) is 5.95 Å². The number of pyridine rings is 1. The highest BCUT2D eigenvalue weighted by atomic mass is 19.3. The second-order valence-electron chi connectivity index (χ2n) is 3.23. The number of carbonyl (C=O) groups is 1. The lowest BCUT2D eigenvalue weighted by molar-refractivity contribution is -0.139. The van der Waals surface area contributed by atoms with E-state index in [1.807, 2.05) is 0 Å². The molecule has 0 radical (unpaired) electrons. The minimum atomic E-state index is -2.91. The highest BCUT2D eigenvalue weighted by molar-refractivity contribution is 5.72. The first-order valence-electron chi connectivity index (χ1n) is 4.72. The van der Waals surface area contributed by atoms with Crippen LogP contribution in [0.5, 0.6) is 0 Å². The molecule has 4 nitrogen and oxygen atoms in total. The highest BCUT2D eigenvalue weighted by Crippen LogP contribution is 2.22. The number of nitrogens with two attached hydrogens (primary N) is 1. The Balaban J connectivity index is 3.19. The zero-order valence-corrected chi connectivity index (χ0v) is 9.04. The van der Waals surface area contributed by atoms with Crippen LogP contribution in [0.25, 0.3) is 0 Å². The van der Waals surface area contributed by atoms with Gasteiger partial charge in [0.1, 0.15) is 5.69 Å². The van der Waals surface area contributed by atoms with Gasteiger partial charge in [0.05, 0.1) is 13.5 Å². The fourth-order valence-electron chi connectivity index (χ4n) is 1.32. The number of esters is 1. The quantitative estimate of drug-likeness (QED) is 0.645. The maximum absolute atomic E-state index is 13.3. The Morgan fingerprint density at radius 2 is 2.24 bits per heavy atom. The number of nitrogens with zero attached hydrogens (tertiary/aromatic N) is 1. The molecule has 17 heavy (non-hydrogen) atoms. The summed E-state index contributed by atoms with van der Waals surface area (Å²) >= 11 is 0. The summed E-state index contributed by atoms with van der Waals surface area (Å²) in [6, 6.07) is 0.965. The molecule has 0 aromatic carbocycles. The van der Waals surface area contributed by atoms with E-state index >= 15 is 0 Å². The largest absolute Gasteiger partial charge is 0.469 e. The summed E-state index contributed by atoms with van der Waals surface area (Å²) in [5.41, 5.74) is 4.57. The van der Waals surface area contributed by atoms with E-state index in [0.717, 1.165) is 13.2 Å². The fraction of sp³-hybridized carbons (Fsp3) is 0.400. The van der Waals surface area contributed by atoms with Crippen LogP contribution in [0.4, 0.5) is 13.2 Å². The molecule has 0 aliphatic heterocycles. The second-order valence-corrected chi connectivity index (χ2v) is 3.23. The maximum Gasteiger partial charge on any atom is 0.309 e. The molecule has 0 aliphatic carbocycles. The van der Waals surface area contributed by atoms with Crippen molar-refractivity contribution in [1.29, 1.82) is 0 Å². The Bertz CT molecular complexity index is 424. The summed E-state index contributed by atoms with van der Waals surface area (Å²) in [5, 5.41) is 0. The minimum Gasteiger partial charge on any atom is -0.469 e. The van der Waals surface area contributed by atoms with Crippen molar-refractivity contribution in [1.82, 2.24) is 4.98 Å². The first-order chi connectivity index (χ1) is 7.99. The van der Waals surface area contributed by atoms with Gasteiger partial charge in [0.15, 0.2) is 0 Å². The van der Waals surface area contributed by atoms with Crippen molar-refractivity contribution >= 4 is 5.97 Å². The molecule has 0 amide bonds. The molecule has 0 bridgehead atoms. The minimum absolute atomic E-state index is 0.0557. The van der Waals surface area contributed by atoms with Crippen LogP contribution in [0.1, 0.15) is 23.2 Å². The van der Waals surface area contributed by atoms with E-state index in [2.05, 4.69) is 9.72 Å². The number of halogens is 3. The molecule has 0 saturated heterocycles. The number of carbonyl (C=O) groups excluding carboxylic acids is 1. The fourth-order valence-corrected chi connectivity index (χ4v) is 1.32. The number of methoxy groups -OCH3 is 1. The summed E-state index contributed by atoms with van der Waals surface area (Å²) in [6.45, 7) is -0.228. The Labute approximate surface area is 95.6 Å². The topological polar surface area (TPSA) is 65.2 Å². The number of ether oxygens (including phenoxy) is 1. The van der Waals surface area contributed by atoms with Crippen molar-refractivity contribution in [2.45, 2.75) is 19.4 Å². The monoisotopic (exact) mass is 248 g/mol. The third-order valence-corrected chi connectivity index (χ3v) is 2.18. The molecule has 0 atom stereocenters. The smallest absolute Gasteiger partial charge is 0.309 e. The molecule has 0 aliphatic rings. The average Bonchev–Trinajstić information content (AvgIpc) is 2.28. The summed E-state index contributed by atoms with van der Waals surface area (Å²) in [7, 11) is 1.15. The lowest BCUT2D eigenvalue weighted by Crippen LogP contribution is -2.13. The van der Waals surface area contributed by atoms with Gasteiger partial charge in [-0.1, -0.05) is 0 Å². The predicted octanol–water partition coefficient (Wildman–Crippen LogP) is 1.33. The average molecular weight is 248 g/mol. The second kappa shape index (κ2) is 5.62. The molecule has 0 spiro atoms. The van der Waals surface area contributed by atoms with Gasteiger partial charge in [-0.05, 0) is 11.6 Å². The summed E-state index contributed by atoms with van der Waals surface area (Å²) in [6.07, 6.45) is -3.23. The van der Waals surface area contributed by atoms with E-state index in [1.54, 1.807) is 0 Å². The number of alkyl halides is 2. The SMILES string of the molecule is COC(=O)Cc1cc(C(F)F)nc(F)c1CN. The van der Waals surface area contributed by atoms with Gasteiger partial charge in [0.25, 0.3) is 6.43 Å². The van der Waals surface area contributed by atoms with E-state index in [1.165, 1.54) is 0 Å². The van der Waals surface area contributed by atoms with Crippen molar-refractivity contribution in [2.75, 3.05) is 7.11 Å². The van der Waals surface area contributed by atoms with E-state index in [0.29, 0.717) is 0 Å². The molecule has 2 N–H and O–H groups in total. The zero-order chi connectivity index (χ0) is 13.0. The molecule has 1 aromatic heterocycles. The van der Waals surface area contributed by atoms with Gasteiger partial charge in [0, 0.05) is 12.1 Å². The lowest BCUT2D eigenvalue weighted by atomic mass is 10.1.